The summed E-state index contributed by atoms with van der Waals surface area (Å²) in [6.07, 6.45) is 4.97. The largest absolute Gasteiger partial charge is 0.382 e. The van der Waals surface area contributed by atoms with Gasteiger partial charge in [-0.25, -0.2) is 0 Å². The fourth-order valence-corrected chi connectivity index (χ4v) is 3.63. The van der Waals surface area contributed by atoms with Gasteiger partial charge in [-0.3, -0.25) is 4.99 Å². The number of nitrogens with one attached hydrogen (secondary N) is 1. The predicted octanol–water partition coefficient (Wildman–Crippen LogP) is 2.19. The van der Waals surface area contributed by atoms with E-state index in [9.17, 15) is 0 Å². The molecule has 2 atom stereocenters. The third kappa shape index (κ3) is 6.59. The third-order valence-electron chi connectivity index (χ3n) is 4.73. The second kappa shape index (κ2) is 11.2. The molecule has 0 aliphatic carbocycles. The first-order chi connectivity index (χ1) is 12.6. The van der Waals surface area contributed by atoms with Crippen LogP contribution in [-0.2, 0) is 17.7 Å². The van der Waals surface area contributed by atoms with Crippen molar-refractivity contribution in [3.63, 3.8) is 0 Å². The molecule has 1 aromatic rings. The number of rotatable bonds is 9. The van der Waals surface area contributed by atoms with Crippen LogP contribution in [0, 0.1) is 11.8 Å². The Morgan fingerprint density at radius 1 is 1.31 bits per heavy atom. The fraction of sp³-hybridized carbons (Fsp3) is 0.842. The third-order valence-corrected chi connectivity index (χ3v) is 4.73. The van der Waals surface area contributed by atoms with Crippen molar-refractivity contribution in [2.45, 2.75) is 53.5 Å². The highest BCUT2D eigenvalue weighted by Crippen LogP contribution is 2.20. The summed E-state index contributed by atoms with van der Waals surface area (Å²) in [6, 6.07) is 0. The zero-order valence-electron chi connectivity index (χ0n) is 16.9. The van der Waals surface area contributed by atoms with Crippen LogP contribution in [0.3, 0.4) is 0 Å². The van der Waals surface area contributed by atoms with E-state index < -0.39 is 0 Å². The first kappa shape index (κ1) is 20.7. The Morgan fingerprint density at radius 2 is 2.08 bits per heavy atom. The van der Waals surface area contributed by atoms with Gasteiger partial charge in [0.15, 0.2) is 5.96 Å². The molecule has 26 heavy (non-hydrogen) atoms. The minimum atomic E-state index is 0.707. The first-order valence-electron chi connectivity index (χ1n) is 10.1. The van der Waals surface area contributed by atoms with Crippen LogP contribution in [0.2, 0.25) is 0 Å². The van der Waals surface area contributed by atoms with Crippen LogP contribution >= 0.6 is 0 Å². The van der Waals surface area contributed by atoms with Crippen molar-refractivity contribution in [1.82, 2.24) is 25.0 Å². The van der Waals surface area contributed by atoms with Crippen LogP contribution in [0.5, 0.6) is 0 Å². The van der Waals surface area contributed by atoms with E-state index in [0.29, 0.717) is 11.8 Å². The molecule has 1 N–H and O–H groups in total. The summed E-state index contributed by atoms with van der Waals surface area (Å²) in [5.74, 6) is 3.48. The van der Waals surface area contributed by atoms with Gasteiger partial charge in [0.1, 0.15) is 12.2 Å². The SMILES string of the molecule is CCOCCCN=C(NCCn1cnnc1CC)N1CC(C)CC(C)C1. The molecule has 1 saturated heterocycles. The second-order valence-electron chi connectivity index (χ2n) is 7.33. The standard InChI is InChI=1S/C19H36N6O/c1-5-18-23-22-15-24(18)10-9-21-19(20-8-7-11-26-6-2)25-13-16(3)12-17(4)14-25/h15-17H,5-14H2,1-4H3,(H,20,21). The van der Waals surface area contributed by atoms with E-state index in [1.54, 1.807) is 0 Å². The van der Waals surface area contributed by atoms with Gasteiger partial charge in [-0.2, -0.15) is 0 Å². The Hall–Kier alpha value is -1.63. The summed E-state index contributed by atoms with van der Waals surface area (Å²) in [4.78, 5) is 7.28. The zero-order chi connectivity index (χ0) is 18.8. The van der Waals surface area contributed by atoms with Gasteiger partial charge in [0.05, 0.1) is 0 Å². The van der Waals surface area contributed by atoms with Crippen molar-refractivity contribution >= 4 is 5.96 Å². The number of guanidine groups is 1. The molecule has 0 aromatic carbocycles. The van der Waals surface area contributed by atoms with Crippen LogP contribution in [0.15, 0.2) is 11.3 Å². The molecule has 2 rings (SSSR count). The van der Waals surface area contributed by atoms with Crippen molar-refractivity contribution in [2.24, 2.45) is 16.8 Å². The number of nitrogens with zero attached hydrogens (tertiary/aromatic N) is 5. The molecule has 0 bridgehead atoms. The molecular weight excluding hydrogens is 328 g/mol. The first-order valence-corrected chi connectivity index (χ1v) is 10.1. The van der Waals surface area contributed by atoms with Gasteiger partial charge in [0, 0.05) is 52.4 Å². The Balaban J connectivity index is 1.92. The molecule has 1 fully saturated rings. The maximum atomic E-state index is 5.43. The molecule has 2 unspecified atom stereocenters. The van der Waals surface area contributed by atoms with Gasteiger partial charge in [-0.05, 0) is 31.6 Å². The van der Waals surface area contributed by atoms with E-state index >= 15 is 0 Å². The Bertz CT molecular complexity index is 534. The van der Waals surface area contributed by atoms with Crippen LogP contribution in [0.25, 0.3) is 0 Å². The van der Waals surface area contributed by atoms with Gasteiger partial charge in [0.25, 0.3) is 0 Å². The topological polar surface area (TPSA) is 67.6 Å². The molecule has 7 nitrogen and oxygen atoms in total. The van der Waals surface area contributed by atoms with Gasteiger partial charge in [-0.1, -0.05) is 20.8 Å². The number of piperidine rings is 1. The van der Waals surface area contributed by atoms with E-state index in [0.717, 1.165) is 70.6 Å². The molecule has 0 radical (unpaired) electrons. The quantitative estimate of drug-likeness (QED) is 0.413. The summed E-state index contributed by atoms with van der Waals surface area (Å²) in [6.45, 7) is 15.0. The van der Waals surface area contributed by atoms with Gasteiger partial charge in [-0.15, -0.1) is 10.2 Å². The molecule has 0 spiro atoms. The molecule has 0 saturated carbocycles. The van der Waals surface area contributed by atoms with Gasteiger partial charge >= 0.3 is 0 Å². The number of ether oxygens (including phenoxy) is 1. The lowest BCUT2D eigenvalue weighted by atomic mass is 9.92. The normalized spacial score (nSPS) is 21.2. The smallest absolute Gasteiger partial charge is 0.194 e. The summed E-state index contributed by atoms with van der Waals surface area (Å²) < 4.78 is 7.54. The Labute approximate surface area is 158 Å². The predicted molar refractivity (Wildman–Crippen MR) is 105 cm³/mol. The molecule has 7 heteroatoms. The van der Waals surface area contributed by atoms with Gasteiger partial charge < -0.3 is 19.5 Å². The molecule has 1 aliphatic rings. The highest BCUT2D eigenvalue weighted by atomic mass is 16.5. The minimum Gasteiger partial charge on any atom is -0.382 e. The molecule has 2 heterocycles. The average Bonchev–Trinajstić information content (AvgIpc) is 3.06. The number of likely N-dealkylation sites (tertiary alicyclic amines) is 1. The summed E-state index contributed by atoms with van der Waals surface area (Å²) in [5, 5.41) is 11.7. The van der Waals surface area contributed by atoms with Crippen LogP contribution in [0.4, 0.5) is 0 Å². The number of aliphatic imine (C=N–C) groups is 1. The molecule has 148 valence electrons. The summed E-state index contributed by atoms with van der Waals surface area (Å²) >= 11 is 0. The van der Waals surface area contributed by atoms with Crippen molar-refractivity contribution in [2.75, 3.05) is 39.4 Å². The second-order valence-corrected chi connectivity index (χ2v) is 7.33. The zero-order valence-corrected chi connectivity index (χ0v) is 16.9. The molecule has 1 aromatic heterocycles. The van der Waals surface area contributed by atoms with E-state index in [1.165, 1.54) is 6.42 Å². The number of hydrogen-bond donors (Lipinski definition) is 1. The van der Waals surface area contributed by atoms with E-state index in [1.807, 2.05) is 13.3 Å². The lowest BCUT2D eigenvalue weighted by molar-refractivity contribution is 0.146. The lowest BCUT2D eigenvalue weighted by Gasteiger charge is -2.37. The fourth-order valence-electron chi connectivity index (χ4n) is 3.63. The summed E-state index contributed by atoms with van der Waals surface area (Å²) in [5.41, 5.74) is 0. The van der Waals surface area contributed by atoms with Crippen LogP contribution in [0.1, 0.15) is 46.4 Å². The number of aryl methyl sites for hydroxylation is 1. The molecule has 1 aliphatic heterocycles. The van der Waals surface area contributed by atoms with Crippen molar-refractivity contribution in [1.29, 1.82) is 0 Å². The van der Waals surface area contributed by atoms with E-state index in [4.69, 9.17) is 9.73 Å². The Morgan fingerprint density at radius 3 is 2.77 bits per heavy atom. The van der Waals surface area contributed by atoms with Crippen LogP contribution < -0.4 is 5.32 Å². The van der Waals surface area contributed by atoms with Crippen LogP contribution in [-0.4, -0.2) is 65.0 Å². The number of aromatic nitrogens is 3. The van der Waals surface area contributed by atoms with E-state index in [2.05, 4.69) is 45.8 Å². The summed E-state index contributed by atoms with van der Waals surface area (Å²) in [7, 11) is 0. The maximum Gasteiger partial charge on any atom is 0.194 e. The molecular formula is C19H36N6O. The number of hydrogen-bond acceptors (Lipinski definition) is 4. The maximum absolute atomic E-state index is 5.43. The monoisotopic (exact) mass is 364 g/mol. The minimum absolute atomic E-state index is 0.707. The highest BCUT2D eigenvalue weighted by Gasteiger charge is 2.24. The van der Waals surface area contributed by atoms with Crippen molar-refractivity contribution < 1.29 is 4.74 Å². The lowest BCUT2D eigenvalue weighted by Crippen LogP contribution is -2.49. The van der Waals surface area contributed by atoms with Crippen molar-refractivity contribution in [3.8, 4) is 0 Å². The average molecular weight is 365 g/mol. The highest BCUT2D eigenvalue weighted by molar-refractivity contribution is 5.80. The van der Waals surface area contributed by atoms with Crippen molar-refractivity contribution in [3.05, 3.63) is 12.2 Å². The van der Waals surface area contributed by atoms with Gasteiger partial charge in [0.2, 0.25) is 0 Å². The van der Waals surface area contributed by atoms with E-state index in [-0.39, 0.29) is 0 Å². The molecule has 0 amide bonds. The Kier molecular flexibility index (Phi) is 8.88.